The molecule has 33 heavy (non-hydrogen) atoms. The Morgan fingerprint density at radius 1 is 1.15 bits per heavy atom. The van der Waals surface area contributed by atoms with Gasteiger partial charge in [-0.1, -0.05) is 6.07 Å². The van der Waals surface area contributed by atoms with Crippen LogP contribution in [0.25, 0.3) is 0 Å². The quantitative estimate of drug-likeness (QED) is 0.309. The van der Waals surface area contributed by atoms with Crippen LogP contribution in [0.2, 0.25) is 0 Å². The van der Waals surface area contributed by atoms with Gasteiger partial charge in [0.2, 0.25) is 5.91 Å². The van der Waals surface area contributed by atoms with E-state index in [1.54, 1.807) is 33.2 Å². The zero-order valence-electron chi connectivity index (χ0n) is 18.8. The van der Waals surface area contributed by atoms with E-state index in [0.29, 0.717) is 28.1 Å². The highest BCUT2D eigenvalue weighted by molar-refractivity contribution is 6.02. The van der Waals surface area contributed by atoms with Crippen LogP contribution in [-0.2, 0) is 9.59 Å². The van der Waals surface area contributed by atoms with Crippen LogP contribution in [0.15, 0.2) is 42.5 Å². The Labute approximate surface area is 192 Å². The van der Waals surface area contributed by atoms with Gasteiger partial charge < -0.3 is 31.1 Å². The number of aliphatic hydroxyl groups is 1. The molecule has 2 aromatic carbocycles. The molecular weight excluding hydrogens is 426 g/mol. The van der Waals surface area contributed by atoms with E-state index < -0.39 is 30.9 Å². The molecule has 0 bridgehead atoms. The number of nitrogens with one attached hydrogen (secondary N) is 2. The molecule has 2 rings (SSSR count). The summed E-state index contributed by atoms with van der Waals surface area (Å²) in [6.07, 6.45) is -2.21. The molecule has 0 unspecified atom stereocenters. The average molecular weight is 455 g/mol. The van der Waals surface area contributed by atoms with E-state index >= 15 is 0 Å². The van der Waals surface area contributed by atoms with Crippen molar-refractivity contribution < 1.29 is 24.6 Å². The van der Waals surface area contributed by atoms with Gasteiger partial charge in [0, 0.05) is 43.1 Å². The van der Waals surface area contributed by atoms with Gasteiger partial charge in [-0.2, -0.15) is 0 Å². The highest BCUT2D eigenvalue weighted by Gasteiger charge is 2.24. The number of nitrogens with zero attached hydrogens (tertiary/aromatic N) is 2. The molecule has 0 spiro atoms. The SMILES string of the molecule is Cc1ccc(N(CC[O-])C(=O)C[C@@H](O)C(=O)Nc2ccc(C(=N)N)cc2)cc1C(=O)N(C)C. The lowest BCUT2D eigenvalue weighted by Crippen LogP contribution is -2.40. The maximum atomic E-state index is 12.8. The van der Waals surface area contributed by atoms with Crippen molar-refractivity contribution in [2.24, 2.45) is 5.73 Å². The minimum absolute atomic E-state index is 0.122. The normalized spacial score (nSPS) is 11.4. The zero-order valence-corrected chi connectivity index (χ0v) is 18.8. The topological polar surface area (TPSA) is 163 Å². The lowest BCUT2D eigenvalue weighted by atomic mass is 10.1. The first kappa shape index (κ1) is 25.5. The van der Waals surface area contributed by atoms with Crippen molar-refractivity contribution in [3.63, 3.8) is 0 Å². The number of amidine groups is 1. The molecule has 0 fully saturated rings. The van der Waals surface area contributed by atoms with Crippen LogP contribution in [-0.4, -0.2) is 66.9 Å². The summed E-state index contributed by atoms with van der Waals surface area (Å²) in [5, 5.41) is 31.4. The number of amides is 3. The fourth-order valence-corrected chi connectivity index (χ4v) is 3.07. The Bertz CT molecular complexity index is 1040. The number of rotatable bonds is 9. The number of hydrogen-bond donors (Lipinski definition) is 4. The van der Waals surface area contributed by atoms with E-state index in [1.807, 2.05) is 0 Å². The van der Waals surface area contributed by atoms with Gasteiger partial charge in [0.1, 0.15) is 11.9 Å². The number of nitrogen functional groups attached to an aromatic ring is 1. The van der Waals surface area contributed by atoms with Gasteiger partial charge in [0.15, 0.2) is 0 Å². The van der Waals surface area contributed by atoms with Crippen LogP contribution in [0.5, 0.6) is 0 Å². The number of carbonyl (C=O) groups is 3. The molecule has 0 aliphatic carbocycles. The smallest absolute Gasteiger partial charge is 0.253 e. The third-order valence-electron chi connectivity index (χ3n) is 4.92. The summed E-state index contributed by atoms with van der Waals surface area (Å²) < 4.78 is 0. The van der Waals surface area contributed by atoms with Crippen molar-refractivity contribution in [1.82, 2.24) is 4.90 Å². The van der Waals surface area contributed by atoms with Crippen molar-refractivity contribution >= 4 is 34.9 Å². The standard InChI is InChI=1S/C23H28N5O5/c1-14-4-9-17(12-18(14)23(33)27(2)3)28(10-11-29)20(31)13-19(30)22(32)26-16-7-5-15(6-8-16)21(24)25/h4-9,12,19,30H,10-11,13H2,1-3H3,(H3,24,25)(H,26,32)/q-1/t19-/m1/s1. The summed E-state index contributed by atoms with van der Waals surface area (Å²) in [4.78, 5) is 40.2. The van der Waals surface area contributed by atoms with E-state index in [-0.39, 0.29) is 18.3 Å². The molecule has 0 aliphatic rings. The van der Waals surface area contributed by atoms with E-state index in [0.717, 1.165) is 4.90 Å². The second kappa shape index (κ2) is 11.2. The molecule has 0 heterocycles. The van der Waals surface area contributed by atoms with Gasteiger partial charge >= 0.3 is 0 Å². The van der Waals surface area contributed by atoms with Crippen LogP contribution in [0.3, 0.4) is 0 Å². The number of hydrogen-bond acceptors (Lipinski definition) is 6. The molecule has 0 radical (unpaired) electrons. The fraction of sp³-hybridized carbons (Fsp3) is 0.304. The number of nitrogens with two attached hydrogens (primary N) is 1. The van der Waals surface area contributed by atoms with E-state index in [2.05, 4.69) is 5.32 Å². The van der Waals surface area contributed by atoms with Crippen molar-refractivity contribution in [1.29, 1.82) is 5.41 Å². The minimum atomic E-state index is -1.66. The Morgan fingerprint density at radius 3 is 2.33 bits per heavy atom. The van der Waals surface area contributed by atoms with Crippen molar-refractivity contribution in [3.05, 3.63) is 59.2 Å². The molecule has 5 N–H and O–H groups in total. The highest BCUT2D eigenvalue weighted by atomic mass is 16.3. The molecule has 0 saturated heterocycles. The third-order valence-corrected chi connectivity index (χ3v) is 4.92. The number of benzene rings is 2. The van der Waals surface area contributed by atoms with Crippen molar-refractivity contribution in [3.8, 4) is 0 Å². The second-order valence-electron chi connectivity index (χ2n) is 7.65. The largest absolute Gasteiger partial charge is 0.853 e. The number of anilines is 2. The lowest BCUT2D eigenvalue weighted by molar-refractivity contribution is -0.363. The maximum Gasteiger partial charge on any atom is 0.253 e. The first-order valence-corrected chi connectivity index (χ1v) is 10.2. The molecule has 0 saturated carbocycles. The summed E-state index contributed by atoms with van der Waals surface area (Å²) in [5.41, 5.74) is 7.65. The molecule has 2 aromatic rings. The molecule has 0 aromatic heterocycles. The molecule has 10 heteroatoms. The van der Waals surface area contributed by atoms with Crippen LogP contribution >= 0.6 is 0 Å². The predicted molar refractivity (Wildman–Crippen MR) is 123 cm³/mol. The van der Waals surface area contributed by atoms with Crippen LogP contribution in [0.4, 0.5) is 11.4 Å². The summed E-state index contributed by atoms with van der Waals surface area (Å²) >= 11 is 0. The number of carbonyl (C=O) groups excluding carboxylic acids is 3. The molecule has 10 nitrogen and oxygen atoms in total. The first-order chi connectivity index (χ1) is 15.5. The van der Waals surface area contributed by atoms with Gasteiger partial charge in [-0.15, -0.1) is 6.61 Å². The average Bonchev–Trinajstić information content (AvgIpc) is 2.77. The molecule has 0 aliphatic heterocycles. The van der Waals surface area contributed by atoms with Crippen molar-refractivity contribution in [2.75, 3.05) is 37.5 Å². The molecule has 176 valence electrons. The summed E-state index contributed by atoms with van der Waals surface area (Å²) in [7, 11) is 3.22. The Kier molecular flexibility index (Phi) is 8.66. The predicted octanol–water partition coefficient (Wildman–Crippen LogP) is 0.0639. The van der Waals surface area contributed by atoms with Crippen LogP contribution < -0.4 is 21.1 Å². The van der Waals surface area contributed by atoms with E-state index in [9.17, 15) is 24.6 Å². The molecule has 1 atom stereocenters. The summed E-state index contributed by atoms with van der Waals surface area (Å²) in [6, 6.07) is 10.9. The maximum absolute atomic E-state index is 12.8. The lowest BCUT2D eigenvalue weighted by Gasteiger charge is -2.26. The van der Waals surface area contributed by atoms with Gasteiger partial charge in [-0.05, 0) is 48.9 Å². The first-order valence-electron chi connectivity index (χ1n) is 10.2. The van der Waals surface area contributed by atoms with Crippen molar-refractivity contribution in [2.45, 2.75) is 19.4 Å². The zero-order chi connectivity index (χ0) is 24.7. The Balaban J connectivity index is 2.14. The van der Waals surface area contributed by atoms with Crippen LogP contribution in [0.1, 0.15) is 27.9 Å². The Morgan fingerprint density at radius 2 is 1.79 bits per heavy atom. The van der Waals surface area contributed by atoms with Gasteiger partial charge in [-0.3, -0.25) is 19.8 Å². The fourth-order valence-electron chi connectivity index (χ4n) is 3.07. The summed E-state index contributed by atoms with van der Waals surface area (Å²) in [6.45, 7) is 0.983. The second-order valence-corrected chi connectivity index (χ2v) is 7.65. The monoisotopic (exact) mass is 454 g/mol. The van der Waals surface area contributed by atoms with E-state index in [4.69, 9.17) is 11.1 Å². The highest BCUT2D eigenvalue weighted by Crippen LogP contribution is 2.22. The van der Waals surface area contributed by atoms with E-state index in [1.165, 1.54) is 35.2 Å². The van der Waals surface area contributed by atoms with Gasteiger partial charge in [-0.25, -0.2) is 0 Å². The number of aryl methyl sites for hydroxylation is 1. The van der Waals surface area contributed by atoms with Gasteiger partial charge in [0.25, 0.3) is 11.8 Å². The molecule has 3 amide bonds. The van der Waals surface area contributed by atoms with Gasteiger partial charge in [0.05, 0.1) is 6.42 Å². The third kappa shape index (κ3) is 6.61. The summed E-state index contributed by atoms with van der Waals surface area (Å²) in [5.74, 6) is -1.80. The minimum Gasteiger partial charge on any atom is -0.853 e. The van der Waals surface area contributed by atoms with Crippen LogP contribution in [0, 0.1) is 12.3 Å². The molecular formula is C23H28N5O5-. The number of aliphatic hydroxyl groups excluding tert-OH is 1. The Hall–Kier alpha value is -3.76.